The number of likely N-dealkylation sites (N-methyl/N-ethyl adjacent to an activating group) is 1. The molecular weight excluding hydrogens is 258 g/mol. The maximum atomic E-state index is 12.2. The normalized spacial score (nSPS) is 13.8. The lowest BCUT2D eigenvalue weighted by Crippen LogP contribution is -2.40. The van der Waals surface area contributed by atoms with Gasteiger partial charge in [0, 0.05) is 18.9 Å². The average molecular weight is 285 g/mol. The van der Waals surface area contributed by atoms with Gasteiger partial charge in [0.15, 0.2) is 5.78 Å². The predicted molar refractivity (Wildman–Crippen MR) is 78.3 cm³/mol. The molecule has 0 aliphatic heterocycles. The molecule has 0 spiro atoms. The second-order valence-corrected chi connectivity index (χ2v) is 5.42. The van der Waals surface area contributed by atoms with Crippen LogP contribution in [0.25, 0.3) is 0 Å². The molecule has 0 heterocycles. The summed E-state index contributed by atoms with van der Waals surface area (Å²) in [4.78, 5) is 34.3. The Hall–Kier alpha value is -1.43. The van der Waals surface area contributed by atoms with Crippen molar-refractivity contribution in [1.82, 2.24) is 10.6 Å². The number of primary amides is 1. The van der Waals surface area contributed by atoms with Gasteiger partial charge in [-0.25, -0.2) is 4.79 Å². The van der Waals surface area contributed by atoms with Crippen LogP contribution in [-0.4, -0.2) is 37.2 Å². The van der Waals surface area contributed by atoms with Crippen molar-refractivity contribution in [2.45, 2.75) is 46.1 Å². The summed E-state index contributed by atoms with van der Waals surface area (Å²) in [6.07, 6.45) is 1.46. The highest BCUT2D eigenvalue weighted by atomic mass is 16.2. The quantitative estimate of drug-likeness (QED) is 0.518. The smallest absolute Gasteiger partial charge is 0.312 e. The Balaban J connectivity index is 4.36. The Morgan fingerprint density at radius 2 is 1.80 bits per heavy atom. The van der Waals surface area contributed by atoms with Gasteiger partial charge in [-0.15, -0.1) is 0 Å². The zero-order chi connectivity index (χ0) is 15.7. The monoisotopic (exact) mass is 285 g/mol. The summed E-state index contributed by atoms with van der Waals surface area (Å²) in [5, 5.41) is 5.47. The largest absolute Gasteiger partial charge is 0.352 e. The Morgan fingerprint density at radius 1 is 1.20 bits per heavy atom. The fraction of sp³-hybridized carbons (Fsp3) is 0.786. The van der Waals surface area contributed by atoms with Crippen LogP contribution in [0.2, 0.25) is 0 Å². The third-order valence-electron chi connectivity index (χ3n) is 3.38. The molecule has 4 N–H and O–H groups in total. The van der Waals surface area contributed by atoms with Crippen molar-refractivity contribution in [1.29, 1.82) is 0 Å². The zero-order valence-electron chi connectivity index (χ0n) is 12.9. The van der Waals surface area contributed by atoms with Crippen LogP contribution in [0.15, 0.2) is 0 Å². The van der Waals surface area contributed by atoms with Crippen LogP contribution in [0.1, 0.15) is 40.0 Å². The number of carbonyl (C=O) groups excluding carboxylic acids is 3. The second-order valence-electron chi connectivity index (χ2n) is 5.42. The van der Waals surface area contributed by atoms with E-state index in [2.05, 4.69) is 10.6 Å². The standard InChI is InChI=1S/C14H27N3O3/c1-9(2)13(16-4)12(19)8-11(10(3)18)6-5-7-17-14(15)20/h9,11,13,16H,5-8H2,1-4H3,(H3,15,17,20)/t11-,13-/m1/s1. The van der Waals surface area contributed by atoms with Gasteiger partial charge in [-0.1, -0.05) is 13.8 Å². The van der Waals surface area contributed by atoms with E-state index in [1.54, 1.807) is 7.05 Å². The van der Waals surface area contributed by atoms with Gasteiger partial charge in [-0.2, -0.15) is 0 Å². The minimum Gasteiger partial charge on any atom is -0.352 e. The molecule has 6 heteroatoms. The highest BCUT2D eigenvalue weighted by molar-refractivity contribution is 5.89. The SMILES string of the molecule is CN[C@@H](C(=O)C[C@@H](CCCNC(N)=O)C(C)=O)C(C)C. The Bertz CT molecular complexity index is 343. The van der Waals surface area contributed by atoms with Gasteiger partial charge in [0.1, 0.15) is 5.78 Å². The number of amides is 2. The third kappa shape index (κ3) is 7.23. The number of Topliss-reactive ketones (excluding diaryl/α,β-unsaturated/α-hetero) is 2. The topological polar surface area (TPSA) is 101 Å². The minimum absolute atomic E-state index is 0.0102. The highest BCUT2D eigenvalue weighted by Gasteiger charge is 2.25. The first-order valence-electron chi connectivity index (χ1n) is 7.03. The van der Waals surface area contributed by atoms with Gasteiger partial charge < -0.3 is 16.4 Å². The Morgan fingerprint density at radius 3 is 2.20 bits per heavy atom. The first kappa shape index (κ1) is 18.6. The molecule has 2 amide bonds. The first-order valence-corrected chi connectivity index (χ1v) is 7.03. The van der Waals surface area contributed by atoms with E-state index in [0.717, 1.165) is 0 Å². The molecule has 0 saturated carbocycles. The number of ketones is 2. The molecule has 0 aliphatic carbocycles. The molecular formula is C14H27N3O3. The molecule has 0 unspecified atom stereocenters. The summed E-state index contributed by atoms with van der Waals surface area (Å²) >= 11 is 0. The lowest BCUT2D eigenvalue weighted by atomic mass is 9.88. The number of hydrogen-bond donors (Lipinski definition) is 3. The summed E-state index contributed by atoms with van der Waals surface area (Å²) < 4.78 is 0. The van der Waals surface area contributed by atoms with Gasteiger partial charge in [0.2, 0.25) is 0 Å². The van der Waals surface area contributed by atoms with Crippen molar-refractivity contribution in [3.05, 3.63) is 0 Å². The number of carbonyl (C=O) groups is 3. The summed E-state index contributed by atoms with van der Waals surface area (Å²) in [5.41, 5.74) is 4.96. The van der Waals surface area contributed by atoms with Gasteiger partial charge >= 0.3 is 6.03 Å². The molecule has 20 heavy (non-hydrogen) atoms. The summed E-state index contributed by atoms with van der Waals surface area (Å²) in [5.74, 6) is -0.0231. The molecule has 0 aromatic rings. The Kier molecular flexibility index (Phi) is 8.79. The first-order chi connectivity index (χ1) is 9.29. The van der Waals surface area contributed by atoms with E-state index >= 15 is 0 Å². The lowest BCUT2D eigenvalue weighted by Gasteiger charge is -2.21. The van der Waals surface area contributed by atoms with Crippen LogP contribution >= 0.6 is 0 Å². The third-order valence-corrected chi connectivity index (χ3v) is 3.38. The molecule has 0 fully saturated rings. The van der Waals surface area contributed by atoms with Gasteiger partial charge in [0.25, 0.3) is 0 Å². The van der Waals surface area contributed by atoms with Gasteiger partial charge in [-0.05, 0) is 32.7 Å². The van der Waals surface area contributed by atoms with Crippen molar-refractivity contribution >= 4 is 17.6 Å². The van der Waals surface area contributed by atoms with Crippen LogP contribution in [-0.2, 0) is 9.59 Å². The molecule has 0 aromatic heterocycles. The number of nitrogens with two attached hydrogens (primary N) is 1. The van der Waals surface area contributed by atoms with Crippen molar-refractivity contribution in [2.24, 2.45) is 17.6 Å². The van der Waals surface area contributed by atoms with E-state index in [4.69, 9.17) is 5.73 Å². The molecule has 0 bridgehead atoms. The lowest BCUT2D eigenvalue weighted by molar-refractivity contribution is -0.128. The van der Waals surface area contributed by atoms with Crippen LogP contribution < -0.4 is 16.4 Å². The van der Waals surface area contributed by atoms with Crippen molar-refractivity contribution in [2.75, 3.05) is 13.6 Å². The molecule has 6 nitrogen and oxygen atoms in total. The fourth-order valence-electron chi connectivity index (χ4n) is 2.25. The van der Waals surface area contributed by atoms with Crippen LogP contribution in [0.4, 0.5) is 4.79 Å². The molecule has 0 aromatic carbocycles. The van der Waals surface area contributed by atoms with Crippen molar-refractivity contribution in [3.63, 3.8) is 0 Å². The fourth-order valence-corrected chi connectivity index (χ4v) is 2.25. The number of nitrogens with one attached hydrogen (secondary N) is 2. The van der Waals surface area contributed by atoms with E-state index < -0.39 is 6.03 Å². The highest BCUT2D eigenvalue weighted by Crippen LogP contribution is 2.16. The van der Waals surface area contributed by atoms with E-state index in [1.807, 2.05) is 13.8 Å². The average Bonchev–Trinajstić information content (AvgIpc) is 2.32. The molecule has 2 atom stereocenters. The van der Waals surface area contributed by atoms with Crippen molar-refractivity contribution in [3.8, 4) is 0 Å². The summed E-state index contributed by atoms with van der Waals surface area (Å²) in [6.45, 7) is 5.87. The number of rotatable bonds is 10. The zero-order valence-corrected chi connectivity index (χ0v) is 12.9. The maximum absolute atomic E-state index is 12.2. The summed E-state index contributed by atoms with van der Waals surface area (Å²) in [7, 11) is 1.75. The van der Waals surface area contributed by atoms with E-state index in [-0.39, 0.29) is 35.9 Å². The second kappa shape index (κ2) is 9.47. The minimum atomic E-state index is -0.574. The number of urea groups is 1. The number of hydrogen-bond acceptors (Lipinski definition) is 4. The molecule has 0 radical (unpaired) electrons. The van der Waals surface area contributed by atoms with E-state index in [9.17, 15) is 14.4 Å². The summed E-state index contributed by atoms with van der Waals surface area (Å²) in [6, 6.07) is -0.795. The predicted octanol–water partition coefficient (Wildman–Crippen LogP) is 0.843. The molecule has 0 saturated heterocycles. The van der Waals surface area contributed by atoms with Gasteiger partial charge in [0.05, 0.1) is 6.04 Å². The van der Waals surface area contributed by atoms with Crippen LogP contribution in [0.3, 0.4) is 0 Å². The van der Waals surface area contributed by atoms with E-state index in [0.29, 0.717) is 19.4 Å². The molecule has 0 rings (SSSR count). The van der Waals surface area contributed by atoms with Crippen LogP contribution in [0.5, 0.6) is 0 Å². The van der Waals surface area contributed by atoms with Crippen LogP contribution in [0, 0.1) is 11.8 Å². The Labute approximate surface area is 120 Å². The molecule has 116 valence electrons. The molecule has 0 aliphatic rings. The van der Waals surface area contributed by atoms with Crippen molar-refractivity contribution < 1.29 is 14.4 Å². The van der Waals surface area contributed by atoms with Gasteiger partial charge in [-0.3, -0.25) is 9.59 Å². The van der Waals surface area contributed by atoms with E-state index in [1.165, 1.54) is 6.92 Å². The maximum Gasteiger partial charge on any atom is 0.312 e.